The van der Waals surface area contributed by atoms with Gasteiger partial charge in [-0.1, -0.05) is 0 Å². The first kappa shape index (κ1) is 11.5. The number of carboxylic acid groups (broad SMARTS) is 1. The molecule has 0 rings (SSSR count). The highest BCUT2D eigenvalue weighted by atomic mass is 16.4. The molecule has 7 nitrogen and oxygen atoms in total. The number of aliphatic carboxylic acids is 1. The van der Waals surface area contributed by atoms with E-state index in [0.717, 1.165) is 0 Å². The SMILES string of the molecule is NC(=O)CC(O)C(N)(C=O)C(=O)O. The number of hydrogen-bond acceptors (Lipinski definition) is 5. The van der Waals surface area contributed by atoms with E-state index in [2.05, 4.69) is 5.73 Å². The van der Waals surface area contributed by atoms with Gasteiger partial charge >= 0.3 is 5.97 Å². The van der Waals surface area contributed by atoms with E-state index in [1.165, 1.54) is 0 Å². The van der Waals surface area contributed by atoms with Crippen molar-refractivity contribution in [1.29, 1.82) is 0 Å². The molecule has 2 unspecified atom stereocenters. The van der Waals surface area contributed by atoms with Crippen molar-refractivity contribution < 1.29 is 24.6 Å². The van der Waals surface area contributed by atoms with E-state index < -0.39 is 29.9 Å². The zero-order chi connectivity index (χ0) is 10.6. The highest BCUT2D eigenvalue weighted by Crippen LogP contribution is 2.08. The van der Waals surface area contributed by atoms with Crippen molar-refractivity contribution in [2.24, 2.45) is 11.5 Å². The monoisotopic (exact) mass is 190 g/mol. The van der Waals surface area contributed by atoms with E-state index in [1.807, 2.05) is 0 Å². The van der Waals surface area contributed by atoms with Crippen molar-refractivity contribution in [3.63, 3.8) is 0 Å². The average Bonchev–Trinajstić information content (AvgIpc) is 2.01. The lowest BCUT2D eigenvalue weighted by atomic mass is 9.93. The maximum atomic E-state index is 10.4. The van der Waals surface area contributed by atoms with Crippen molar-refractivity contribution >= 4 is 18.2 Å². The molecule has 2 atom stereocenters. The molecule has 6 N–H and O–H groups in total. The van der Waals surface area contributed by atoms with Crippen molar-refractivity contribution in [1.82, 2.24) is 0 Å². The quantitative estimate of drug-likeness (QED) is 0.272. The number of amides is 1. The van der Waals surface area contributed by atoms with Crippen LogP contribution in [0.25, 0.3) is 0 Å². The smallest absolute Gasteiger partial charge is 0.333 e. The van der Waals surface area contributed by atoms with Gasteiger partial charge in [0.15, 0.2) is 11.8 Å². The molecule has 0 aromatic heterocycles. The number of aliphatic hydroxyl groups excluding tert-OH is 1. The van der Waals surface area contributed by atoms with E-state index in [9.17, 15) is 14.4 Å². The maximum Gasteiger partial charge on any atom is 0.333 e. The second-order valence-corrected chi connectivity index (χ2v) is 2.54. The summed E-state index contributed by atoms with van der Waals surface area (Å²) >= 11 is 0. The first-order chi connectivity index (χ1) is 5.84. The van der Waals surface area contributed by atoms with Crippen LogP contribution < -0.4 is 11.5 Å². The van der Waals surface area contributed by atoms with Crippen LogP contribution in [0, 0.1) is 0 Å². The predicted molar refractivity (Wildman–Crippen MR) is 40.4 cm³/mol. The van der Waals surface area contributed by atoms with E-state index in [4.69, 9.17) is 15.9 Å². The molecule has 0 aliphatic heterocycles. The van der Waals surface area contributed by atoms with Gasteiger partial charge in [-0.25, -0.2) is 4.79 Å². The molecule has 1 amide bonds. The van der Waals surface area contributed by atoms with E-state index in [-0.39, 0.29) is 6.29 Å². The van der Waals surface area contributed by atoms with Crippen LogP contribution in [0.5, 0.6) is 0 Å². The molecular formula is C6H10N2O5. The predicted octanol–water partition coefficient (Wildman–Crippen LogP) is -2.80. The highest BCUT2D eigenvalue weighted by Gasteiger charge is 2.42. The molecule has 0 aliphatic carbocycles. The Hall–Kier alpha value is -1.47. The van der Waals surface area contributed by atoms with Crippen LogP contribution in [-0.4, -0.2) is 40.0 Å². The van der Waals surface area contributed by atoms with Crippen LogP contribution in [0.3, 0.4) is 0 Å². The van der Waals surface area contributed by atoms with E-state index in [1.54, 1.807) is 0 Å². The molecule has 0 aromatic rings. The average molecular weight is 190 g/mol. The zero-order valence-corrected chi connectivity index (χ0v) is 6.64. The normalized spacial score (nSPS) is 17.1. The van der Waals surface area contributed by atoms with Gasteiger partial charge in [-0.15, -0.1) is 0 Å². The lowest BCUT2D eigenvalue weighted by Crippen LogP contribution is -2.59. The van der Waals surface area contributed by atoms with Crippen LogP contribution in [-0.2, 0) is 14.4 Å². The van der Waals surface area contributed by atoms with Crippen molar-refractivity contribution in [3.8, 4) is 0 Å². The molecule has 0 aliphatic rings. The fraction of sp³-hybridized carbons (Fsp3) is 0.500. The summed E-state index contributed by atoms with van der Waals surface area (Å²) in [5.74, 6) is -2.65. The van der Waals surface area contributed by atoms with Gasteiger partial charge in [0.1, 0.15) is 0 Å². The van der Waals surface area contributed by atoms with Gasteiger partial charge in [0, 0.05) is 0 Å². The molecule has 0 saturated heterocycles. The van der Waals surface area contributed by atoms with Crippen molar-refractivity contribution in [3.05, 3.63) is 0 Å². The molecule has 13 heavy (non-hydrogen) atoms. The van der Waals surface area contributed by atoms with Crippen LogP contribution >= 0.6 is 0 Å². The number of carbonyl (C=O) groups excluding carboxylic acids is 2. The molecular weight excluding hydrogens is 180 g/mol. The number of primary amides is 1. The van der Waals surface area contributed by atoms with Gasteiger partial charge in [0.25, 0.3) is 0 Å². The van der Waals surface area contributed by atoms with Crippen LogP contribution in [0.4, 0.5) is 0 Å². The number of hydrogen-bond donors (Lipinski definition) is 4. The Kier molecular flexibility index (Phi) is 3.52. The minimum atomic E-state index is -2.48. The van der Waals surface area contributed by atoms with Gasteiger partial charge in [0.2, 0.25) is 5.91 Å². The summed E-state index contributed by atoms with van der Waals surface area (Å²) in [5, 5.41) is 17.5. The summed E-state index contributed by atoms with van der Waals surface area (Å²) in [5.41, 5.74) is 7.21. The third kappa shape index (κ3) is 2.49. The van der Waals surface area contributed by atoms with Crippen LogP contribution in [0.1, 0.15) is 6.42 Å². The molecule has 0 saturated carbocycles. The summed E-state index contributed by atoms with van der Waals surface area (Å²) in [6, 6.07) is 0. The Bertz CT molecular complexity index is 241. The Balaban J connectivity index is 4.66. The molecule has 0 fully saturated rings. The van der Waals surface area contributed by atoms with E-state index >= 15 is 0 Å². The Morgan fingerprint density at radius 2 is 2.00 bits per heavy atom. The van der Waals surface area contributed by atoms with Crippen LogP contribution in [0.2, 0.25) is 0 Å². The zero-order valence-electron chi connectivity index (χ0n) is 6.64. The molecule has 0 radical (unpaired) electrons. The first-order valence-corrected chi connectivity index (χ1v) is 3.29. The van der Waals surface area contributed by atoms with Gasteiger partial charge in [-0.2, -0.15) is 0 Å². The second kappa shape index (κ2) is 3.97. The summed E-state index contributed by atoms with van der Waals surface area (Å²) in [6.07, 6.45) is -2.63. The molecule has 0 aromatic carbocycles. The third-order valence-electron chi connectivity index (χ3n) is 1.51. The van der Waals surface area contributed by atoms with Gasteiger partial charge in [0.05, 0.1) is 12.5 Å². The van der Waals surface area contributed by atoms with Crippen molar-refractivity contribution in [2.75, 3.05) is 0 Å². The Morgan fingerprint density at radius 1 is 1.54 bits per heavy atom. The van der Waals surface area contributed by atoms with Gasteiger partial charge in [-0.05, 0) is 0 Å². The number of nitrogens with two attached hydrogens (primary N) is 2. The molecule has 0 spiro atoms. The lowest BCUT2D eigenvalue weighted by Gasteiger charge is -2.22. The van der Waals surface area contributed by atoms with Crippen LogP contribution in [0.15, 0.2) is 0 Å². The number of carbonyl (C=O) groups is 3. The number of rotatable bonds is 5. The largest absolute Gasteiger partial charge is 0.479 e. The number of aldehydes is 1. The third-order valence-corrected chi connectivity index (χ3v) is 1.51. The minimum absolute atomic E-state index is 0.136. The minimum Gasteiger partial charge on any atom is -0.479 e. The summed E-state index contributed by atoms with van der Waals surface area (Å²) in [6.45, 7) is 0. The van der Waals surface area contributed by atoms with Crippen molar-refractivity contribution in [2.45, 2.75) is 18.1 Å². The molecule has 0 bridgehead atoms. The number of carboxylic acids is 1. The number of aliphatic hydroxyl groups is 1. The topological polar surface area (TPSA) is 144 Å². The fourth-order valence-corrected chi connectivity index (χ4v) is 0.631. The lowest BCUT2D eigenvalue weighted by molar-refractivity contribution is -0.150. The maximum absolute atomic E-state index is 10.4. The molecule has 0 heterocycles. The fourth-order valence-electron chi connectivity index (χ4n) is 0.631. The van der Waals surface area contributed by atoms with Gasteiger partial charge < -0.3 is 26.5 Å². The second-order valence-electron chi connectivity index (χ2n) is 2.54. The first-order valence-electron chi connectivity index (χ1n) is 3.29. The van der Waals surface area contributed by atoms with E-state index in [0.29, 0.717) is 0 Å². The summed E-state index contributed by atoms with van der Waals surface area (Å²) in [7, 11) is 0. The Labute approximate surface area is 73.3 Å². The highest BCUT2D eigenvalue weighted by molar-refractivity contribution is 5.98. The standard InChI is InChI=1S/C6H10N2O5/c7-4(11)1-3(10)6(8,2-9)5(12)13/h2-3,10H,1,8H2,(H2,7,11)(H,12,13). The summed E-state index contributed by atoms with van der Waals surface area (Å²) < 4.78 is 0. The van der Waals surface area contributed by atoms with Gasteiger partial charge in [-0.3, -0.25) is 4.79 Å². The molecule has 7 heteroatoms. The Morgan fingerprint density at radius 3 is 2.23 bits per heavy atom. The summed E-state index contributed by atoms with van der Waals surface area (Å²) in [4.78, 5) is 31.0. The molecule has 74 valence electrons.